The van der Waals surface area contributed by atoms with Crippen molar-refractivity contribution in [1.29, 1.82) is 0 Å². The van der Waals surface area contributed by atoms with E-state index in [1.165, 1.54) is 7.05 Å². The molecule has 0 aliphatic heterocycles. The second-order valence-corrected chi connectivity index (χ2v) is 3.40. The molecular formula is C9H16N4O5. The maximum atomic E-state index is 11.2. The fraction of sp³-hybridized carbons (Fsp3) is 0.556. The van der Waals surface area contributed by atoms with Crippen LogP contribution in [0.4, 0.5) is 4.79 Å². The monoisotopic (exact) mass is 260 g/mol. The van der Waals surface area contributed by atoms with E-state index in [0.29, 0.717) is 0 Å². The van der Waals surface area contributed by atoms with E-state index < -0.39 is 29.9 Å². The van der Waals surface area contributed by atoms with Gasteiger partial charge in [0.15, 0.2) is 0 Å². The molecule has 0 aliphatic rings. The predicted octanol–water partition coefficient (Wildman–Crippen LogP) is -2.25. The molecule has 4 amide bonds. The molecule has 0 heterocycles. The van der Waals surface area contributed by atoms with Crippen LogP contribution >= 0.6 is 0 Å². The smallest absolute Gasteiger partial charge is 0.326 e. The Labute approximate surface area is 103 Å². The van der Waals surface area contributed by atoms with Crippen LogP contribution in [0, 0.1) is 0 Å². The lowest BCUT2D eigenvalue weighted by Gasteiger charge is -2.14. The number of carboxylic acids is 1. The van der Waals surface area contributed by atoms with Gasteiger partial charge in [-0.2, -0.15) is 0 Å². The molecule has 0 fully saturated rings. The van der Waals surface area contributed by atoms with Crippen molar-refractivity contribution < 1.29 is 24.3 Å². The van der Waals surface area contributed by atoms with Crippen molar-refractivity contribution >= 4 is 23.8 Å². The molecule has 9 heteroatoms. The van der Waals surface area contributed by atoms with Crippen molar-refractivity contribution in [3.63, 3.8) is 0 Å². The van der Waals surface area contributed by atoms with Crippen molar-refractivity contribution in [1.82, 2.24) is 16.0 Å². The van der Waals surface area contributed by atoms with Crippen molar-refractivity contribution in [3.05, 3.63) is 0 Å². The number of nitrogens with two attached hydrogens (primary N) is 1. The Morgan fingerprint density at radius 3 is 2.33 bits per heavy atom. The average molecular weight is 260 g/mol. The lowest BCUT2D eigenvalue weighted by Crippen LogP contribution is -2.48. The van der Waals surface area contributed by atoms with Gasteiger partial charge in [-0.3, -0.25) is 9.59 Å². The summed E-state index contributed by atoms with van der Waals surface area (Å²) in [4.78, 5) is 43.3. The van der Waals surface area contributed by atoms with E-state index in [-0.39, 0.29) is 19.4 Å². The van der Waals surface area contributed by atoms with E-state index in [0.717, 1.165) is 0 Å². The van der Waals surface area contributed by atoms with Crippen LogP contribution in [0.3, 0.4) is 0 Å². The maximum absolute atomic E-state index is 11.2. The van der Waals surface area contributed by atoms with Gasteiger partial charge in [-0.25, -0.2) is 9.59 Å². The fourth-order valence-corrected chi connectivity index (χ4v) is 1.00. The third-order valence-electron chi connectivity index (χ3n) is 1.97. The number of hydrogen-bond acceptors (Lipinski definition) is 4. The van der Waals surface area contributed by atoms with Crippen LogP contribution < -0.4 is 21.7 Å². The summed E-state index contributed by atoms with van der Waals surface area (Å²) in [6, 6.07) is -2.04. The summed E-state index contributed by atoms with van der Waals surface area (Å²) < 4.78 is 0. The zero-order chi connectivity index (χ0) is 14.1. The zero-order valence-corrected chi connectivity index (χ0v) is 9.86. The topological polar surface area (TPSA) is 151 Å². The molecule has 6 N–H and O–H groups in total. The molecule has 0 aliphatic carbocycles. The minimum absolute atomic E-state index is 0.113. The van der Waals surface area contributed by atoms with Crippen molar-refractivity contribution in [2.45, 2.75) is 18.9 Å². The number of amides is 4. The van der Waals surface area contributed by atoms with Crippen LogP contribution in [-0.2, 0) is 14.4 Å². The van der Waals surface area contributed by atoms with Crippen LogP contribution in [0.1, 0.15) is 12.8 Å². The predicted molar refractivity (Wildman–Crippen MR) is 60.5 cm³/mol. The first-order chi connectivity index (χ1) is 8.36. The Bertz CT molecular complexity index is 344. The summed E-state index contributed by atoms with van der Waals surface area (Å²) >= 11 is 0. The number of aliphatic carboxylic acids is 1. The molecule has 0 aromatic rings. The minimum atomic E-state index is -1.29. The van der Waals surface area contributed by atoms with Crippen LogP contribution in [0.5, 0.6) is 0 Å². The largest absolute Gasteiger partial charge is 0.480 e. The molecule has 102 valence electrons. The lowest BCUT2D eigenvalue weighted by atomic mass is 10.1. The molecule has 9 nitrogen and oxygen atoms in total. The van der Waals surface area contributed by atoms with Gasteiger partial charge in [-0.05, 0) is 6.42 Å². The Kier molecular flexibility index (Phi) is 6.86. The summed E-state index contributed by atoms with van der Waals surface area (Å²) in [5, 5.41) is 15.3. The van der Waals surface area contributed by atoms with Gasteiger partial charge in [0, 0.05) is 13.5 Å². The Balaban J connectivity index is 4.15. The molecule has 0 aromatic heterocycles. The number of hydrogen-bond donors (Lipinski definition) is 5. The highest BCUT2D eigenvalue weighted by molar-refractivity contribution is 5.86. The van der Waals surface area contributed by atoms with E-state index in [1.54, 1.807) is 0 Å². The first kappa shape index (κ1) is 15.7. The molecule has 0 saturated heterocycles. The number of likely N-dealkylation sites (N-methyl/N-ethyl adjacent to an activating group) is 1. The summed E-state index contributed by atoms with van der Waals surface area (Å²) in [5.41, 5.74) is 4.88. The van der Waals surface area contributed by atoms with Crippen LogP contribution in [0.2, 0.25) is 0 Å². The van der Waals surface area contributed by atoms with Gasteiger partial charge in [0.05, 0.1) is 6.54 Å². The summed E-state index contributed by atoms with van der Waals surface area (Å²) in [6.45, 7) is -0.273. The zero-order valence-electron chi connectivity index (χ0n) is 9.86. The Hall–Kier alpha value is -2.32. The number of rotatable bonds is 7. The van der Waals surface area contributed by atoms with Crippen LogP contribution in [-0.4, -0.2) is 48.6 Å². The molecule has 0 spiro atoms. The van der Waals surface area contributed by atoms with Crippen molar-refractivity contribution in [2.24, 2.45) is 5.73 Å². The molecule has 0 bridgehead atoms. The van der Waals surface area contributed by atoms with Gasteiger partial charge in [-0.1, -0.05) is 0 Å². The Morgan fingerprint density at radius 1 is 1.28 bits per heavy atom. The van der Waals surface area contributed by atoms with E-state index in [4.69, 9.17) is 10.8 Å². The first-order valence-electron chi connectivity index (χ1n) is 5.13. The number of nitrogens with one attached hydrogen (secondary N) is 3. The summed E-state index contributed by atoms with van der Waals surface area (Å²) in [7, 11) is 1.40. The average Bonchev–Trinajstić information content (AvgIpc) is 2.30. The SMILES string of the molecule is CNC(=O)CNC(=O)NC(CCC(N)=O)C(=O)O. The molecule has 0 aromatic carbocycles. The van der Waals surface area contributed by atoms with Gasteiger partial charge in [0.1, 0.15) is 6.04 Å². The van der Waals surface area contributed by atoms with E-state index in [1.807, 2.05) is 0 Å². The number of carboxylic acid groups (broad SMARTS) is 1. The van der Waals surface area contributed by atoms with E-state index in [9.17, 15) is 19.2 Å². The van der Waals surface area contributed by atoms with Crippen molar-refractivity contribution in [2.75, 3.05) is 13.6 Å². The molecule has 0 saturated carbocycles. The van der Waals surface area contributed by atoms with Crippen molar-refractivity contribution in [3.8, 4) is 0 Å². The molecule has 0 rings (SSSR count). The van der Waals surface area contributed by atoms with Gasteiger partial charge in [0.2, 0.25) is 11.8 Å². The first-order valence-corrected chi connectivity index (χ1v) is 5.13. The highest BCUT2D eigenvalue weighted by Crippen LogP contribution is 1.97. The highest BCUT2D eigenvalue weighted by Gasteiger charge is 2.20. The van der Waals surface area contributed by atoms with Gasteiger partial charge in [0.25, 0.3) is 0 Å². The maximum Gasteiger partial charge on any atom is 0.326 e. The molecule has 1 unspecified atom stereocenters. The normalized spacial score (nSPS) is 11.2. The van der Waals surface area contributed by atoms with Gasteiger partial charge < -0.3 is 26.8 Å². The molecule has 1 atom stereocenters. The number of primary amides is 1. The second-order valence-electron chi connectivity index (χ2n) is 3.40. The quantitative estimate of drug-likeness (QED) is 0.350. The molecule has 18 heavy (non-hydrogen) atoms. The molecule has 0 radical (unpaired) electrons. The van der Waals surface area contributed by atoms with Crippen LogP contribution in [0.25, 0.3) is 0 Å². The lowest BCUT2D eigenvalue weighted by molar-refractivity contribution is -0.139. The minimum Gasteiger partial charge on any atom is -0.480 e. The van der Waals surface area contributed by atoms with Gasteiger partial charge in [-0.15, -0.1) is 0 Å². The second kappa shape index (κ2) is 7.87. The standard InChI is InChI=1S/C9H16N4O5/c1-11-7(15)4-12-9(18)13-5(8(16)17)2-3-6(10)14/h5H,2-4H2,1H3,(H2,10,14)(H,11,15)(H,16,17)(H2,12,13,18). The number of carbonyl (C=O) groups is 4. The Morgan fingerprint density at radius 2 is 1.89 bits per heavy atom. The number of urea groups is 1. The van der Waals surface area contributed by atoms with Gasteiger partial charge >= 0.3 is 12.0 Å². The number of carbonyl (C=O) groups excluding carboxylic acids is 3. The highest BCUT2D eigenvalue weighted by atomic mass is 16.4. The summed E-state index contributed by atoms with van der Waals surface area (Å²) in [6.07, 6.45) is -0.273. The van der Waals surface area contributed by atoms with E-state index in [2.05, 4.69) is 16.0 Å². The molecular weight excluding hydrogens is 244 g/mol. The third kappa shape index (κ3) is 7.04. The third-order valence-corrected chi connectivity index (χ3v) is 1.97. The van der Waals surface area contributed by atoms with E-state index >= 15 is 0 Å². The summed E-state index contributed by atoms with van der Waals surface area (Å²) in [5.74, 6) is -2.37. The fourth-order valence-electron chi connectivity index (χ4n) is 1.00. The van der Waals surface area contributed by atoms with Crippen LogP contribution in [0.15, 0.2) is 0 Å².